The van der Waals surface area contributed by atoms with Gasteiger partial charge in [-0.25, -0.2) is 4.39 Å². The lowest BCUT2D eigenvalue weighted by Crippen LogP contribution is -2.18. The summed E-state index contributed by atoms with van der Waals surface area (Å²) in [4.78, 5) is 0. The van der Waals surface area contributed by atoms with Gasteiger partial charge in [0, 0.05) is 6.54 Å². The highest BCUT2D eigenvalue weighted by molar-refractivity contribution is 5.38. The van der Waals surface area contributed by atoms with Crippen molar-refractivity contribution >= 4 is 0 Å². The number of benzene rings is 2. The Morgan fingerprint density at radius 3 is 3.00 bits per heavy atom. The van der Waals surface area contributed by atoms with Crippen LogP contribution in [-0.4, -0.2) is 13.1 Å². The minimum Gasteiger partial charge on any atom is -0.489 e. The third kappa shape index (κ3) is 3.42. The number of halogens is 1. The van der Waals surface area contributed by atoms with E-state index < -0.39 is 0 Å². The van der Waals surface area contributed by atoms with Gasteiger partial charge in [-0.1, -0.05) is 25.1 Å². The molecule has 1 heterocycles. The Labute approximate surface area is 125 Å². The second kappa shape index (κ2) is 6.27. The molecule has 0 fully saturated rings. The third-order valence-electron chi connectivity index (χ3n) is 3.96. The van der Waals surface area contributed by atoms with Gasteiger partial charge in [0.2, 0.25) is 0 Å². The summed E-state index contributed by atoms with van der Waals surface area (Å²) in [5.74, 6) is 1.16. The zero-order chi connectivity index (χ0) is 14.7. The van der Waals surface area contributed by atoms with E-state index in [2.05, 4.69) is 24.4 Å². The predicted octanol–water partition coefficient (Wildman–Crippen LogP) is 3.65. The van der Waals surface area contributed by atoms with Gasteiger partial charge in [0.25, 0.3) is 0 Å². The maximum absolute atomic E-state index is 13.1. The first-order valence-electron chi connectivity index (χ1n) is 7.43. The third-order valence-corrected chi connectivity index (χ3v) is 3.96. The summed E-state index contributed by atoms with van der Waals surface area (Å²) in [5.41, 5.74) is 3.60. The van der Waals surface area contributed by atoms with Crippen LogP contribution in [0.4, 0.5) is 4.39 Å². The van der Waals surface area contributed by atoms with Crippen molar-refractivity contribution in [3.8, 4) is 5.75 Å². The highest BCUT2D eigenvalue weighted by Crippen LogP contribution is 2.26. The topological polar surface area (TPSA) is 21.3 Å². The maximum Gasteiger partial charge on any atom is 0.123 e. The van der Waals surface area contributed by atoms with E-state index in [9.17, 15) is 4.39 Å². The molecule has 2 aromatic rings. The summed E-state index contributed by atoms with van der Waals surface area (Å²) in [7, 11) is 0. The number of rotatable bonds is 3. The zero-order valence-electron chi connectivity index (χ0n) is 12.2. The first-order valence-corrected chi connectivity index (χ1v) is 7.43. The SMILES string of the molecule is CC1CNCCc2cc(OCc3cccc(F)c3)ccc21. The summed E-state index contributed by atoms with van der Waals surface area (Å²) in [6, 6.07) is 12.8. The molecule has 3 rings (SSSR count). The van der Waals surface area contributed by atoms with E-state index in [-0.39, 0.29) is 5.82 Å². The van der Waals surface area contributed by atoms with Crippen molar-refractivity contribution in [3.63, 3.8) is 0 Å². The van der Waals surface area contributed by atoms with Gasteiger partial charge in [0.05, 0.1) is 0 Å². The van der Waals surface area contributed by atoms with Gasteiger partial charge in [-0.2, -0.15) is 0 Å². The molecule has 0 aliphatic carbocycles. The molecule has 0 saturated heterocycles. The average Bonchev–Trinajstić information content (AvgIpc) is 2.67. The van der Waals surface area contributed by atoms with Gasteiger partial charge < -0.3 is 10.1 Å². The van der Waals surface area contributed by atoms with E-state index in [0.717, 1.165) is 30.8 Å². The van der Waals surface area contributed by atoms with Crippen molar-refractivity contribution in [1.29, 1.82) is 0 Å². The number of fused-ring (bicyclic) bond motifs is 1. The highest BCUT2D eigenvalue weighted by atomic mass is 19.1. The van der Waals surface area contributed by atoms with Crippen LogP contribution >= 0.6 is 0 Å². The number of hydrogen-bond donors (Lipinski definition) is 1. The van der Waals surface area contributed by atoms with E-state index in [4.69, 9.17) is 4.74 Å². The van der Waals surface area contributed by atoms with Crippen molar-refractivity contribution < 1.29 is 9.13 Å². The molecule has 1 aliphatic heterocycles. The van der Waals surface area contributed by atoms with Gasteiger partial charge >= 0.3 is 0 Å². The van der Waals surface area contributed by atoms with E-state index in [1.807, 2.05) is 12.1 Å². The monoisotopic (exact) mass is 285 g/mol. The largest absolute Gasteiger partial charge is 0.489 e. The predicted molar refractivity (Wildman–Crippen MR) is 82.2 cm³/mol. The Bertz CT molecular complexity index is 626. The molecule has 0 amide bonds. The van der Waals surface area contributed by atoms with Gasteiger partial charge in [0.1, 0.15) is 18.2 Å². The Hall–Kier alpha value is -1.87. The molecular weight excluding hydrogens is 265 g/mol. The summed E-state index contributed by atoms with van der Waals surface area (Å²) < 4.78 is 18.9. The van der Waals surface area contributed by atoms with Gasteiger partial charge in [-0.15, -0.1) is 0 Å². The summed E-state index contributed by atoms with van der Waals surface area (Å²) in [6.45, 7) is 4.66. The van der Waals surface area contributed by atoms with Crippen LogP contribution in [0.1, 0.15) is 29.5 Å². The quantitative estimate of drug-likeness (QED) is 0.929. The van der Waals surface area contributed by atoms with Gasteiger partial charge in [-0.05, 0) is 59.8 Å². The fraction of sp³-hybridized carbons (Fsp3) is 0.333. The minimum atomic E-state index is -0.224. The molecule has 0 aromatic heterocycles. The van der Waals surface area contributed by atoms with Crippen LogP contribution in [0.25, 0.3) is 0 Å². The van der Waals surface area contributed by atoms with Crippen LogP contribution < -0.4 is 10.1 Å². The van der Waals surface area contributed by atoms with Crippen molar-refractivity contribution in [3.05, 3.63) is 65.0 Å². The molecule has 0 radical (unpaired) electrons. The molecular formula is C18H20FNO. The van der Waals surface area contributed by atoms with Gasteiger partial charge in [-0.3, -0.25) is 0 Å². The fourth-order valence-corrected chi connectivity index (χ4v) is 2.81. The van der Waals surface area contributed by atoms with Crippen molar-refractivity contribution in [2.24, 2.45) is 0 Å². The van der Waals surface area contributed by atoms with Crippen LogP contribution in [0.2, 0.25) is 0 Å². The van der Waals surface area contributed by atoms with Crippen molar-refractivity contribution in [2.75, 3.05) is 13.1 Å². The average molecular weight is 285 g/mol. The smallest absolute Gasteiger partial charge is 0.123 e. The minimum absolute atomic E-state index is 0.224. The maximum atomic E-state index is 13.1. The van der Waals surface area contributed by atoms with E-state index >= 15 is 0 Å². The molecule has 3 heteroatoms. The Balaban J connectivity index is 1.73. The molecule has 1 unspecified atom stereocenters. The van der Waals surface area contributed by atoms with E-state index in [1.165, 1.54) is 23.3 Å². The first kappa shape index (κ1) is 14.1. The second-order valence-electron chi connectivity index (χ2n) is 5.63. The Morgan fingerprint density at radius 2 is 2.14 bits per heavy atom. The van der Waals surface area contributed by atoms with Crippen LogP contribution in [-0.2, 0) is 13.0 Å². The summed E-state index contributed by atoms with van der Waals surface area (Å²) >= 11 is 0. The summed E-state index contributed by atoms with van der Waals surface area (Å²) in [6.07, 6.45) is 1.02. The normalized spacial score (nSPS) is 17.9. The van der Waals surface area contributed by atoms with Crippen LogP contribution in [0.3, 0.4) is 0 Å². The fourth-order valence-electron chi connectivity index (χ4n) is 2.81. The highest BCUT2D eigenvalue weighted by Gasteiger charge is 2.14. The Morgan fingerprint density at radius 1 is 1.24 bits per heavy atom. The van der Waals surface area contributed by atoms with Crippen LogP contribution in [0.5, 0.6) is 5.75 Å². The molecule has 0 spiro atoms. The van der Waals surface area contributed by atoms with Crippen LogP contribution in [0.15, 0.2) is 42.5 Å². The first-order chi connectivity index (χ1) is 10.2. The molecule has 1 aliphatic rings. The Kier molecular flexibility index (Phi) is 4.20. The molecule has 1 N–H and O–H groups in total. The van der Waals surface area contributed by atoms with E-state index in [0.29, 0.717) is 12.5 Å². The lowest BCUT2D eigenvalue weighted by molar-refractivity contribution is 0.305. The molecule has 0 saturated carbocycles. The standard InChI is InChI=1S/C18H20FNO/c1-13-11-20-8-7-15-10-17(5-6-18(13)15)21-12-14-3-2-4-16(19)9-14/h2-6,9-10,13,20H,7-8,11-12H2,1H3. The second-order valence-corrected chi connectivity index (χ2v) is 5.63. The molecule has 21 heavy (non-hydrogen) atoms. The molecule has 0 bridgehead atoms. The molecule has 1 atom stereocenters. The molecule has 110 valence electrons. The van der Waals surface area contributed by atoms with Gasteiger partial charge in [0.15, 0.2) is 0 Å². The lowest BCUT2D eigenvalue weighted by atomic mass is 9.95. The van der Waals surface area contributed by atoms with Crippen LogP contribution in [0, 0.1) is 5.82 Å². The summed E-state index contributed by atoms with van der Waals surface area (Å²) in [5, 5.41) is 3.44. The number of nitrogens with one attached hydrogen (secondary N) is 1. The number of ether oxygens (including phenoxy) is 1. The number of hydrogen-bond acceptors (Lipinski definition) is 2. The molecule has 2 nitrogen and oxygen atoms in total. The molecule has 2 aromatic carbocycles. The lowest BCUT2D eigenvalue weighted by Gasteiger charge is -2.14. The van der Waals surface area contributed by atoms with Crippen molar-refractivity contribution in [2.45, 2.75) is 25.9 Å². The van der Waals surface area contributed by atoms with Crippen molar-refractivity contribution in [1.82, 2.24) is 5.32 Å². The zero-order valence-corrected chi connectivity index (χ0v) is 12.2. The van der Waals surface area contributed by atoms with E-state index in [1.54, 1.807) is 6.07 Å².